The average Bonchev–Trinajstić information content (AvgIpc) is 2.06. The summed E-state index contributed by atoms with van der Waals surface area (Å²) in [7, 11) is 1.62. The number of ether oxygens (including phenoxy) is 2. The molecule has 0 aromatic heterocycles. The van der Waals surface area contributed by atoms with Crippen LogP contribution in [0.1, 0.15) is 6.42 Å². The van der Waals surface area contributed by atoms with Crippen LogP contribution in [0.25, 0.3) is 0 Å². The third-order valence-corrected chi connectivity index (χ3v) is 1.58. The standard InChI is InChI=1S/C7H13NO3/c1-8-7(9)4-6-5-10-2-3-11-6/h6H,2-5H2,1H3,(H,8,9). The predicted molar refractivity (Wildman–Crippen MR) is 39.2 cm³/mol. The van der Waals surface area contributed by atoms with Crippen LogP contribution in [0.4, 0.5) is 0 Å². The molecule has 1 amide bonds. The van der Waals surface area contributed by atoms with Gasteiger partial charge in [-0.25, -0.2) is 0 Å². The number of carbonyl (C=O) groups is 1. The van der Waals surface area contributed by atoms with E-state index in [2.05, 4.69) is 5.32 Å². The molecule has 0 radical (unpaired) electrons. The fourth-order valence-electron chi connectivity index (χ4n) is 0.963. The molecule has 1 unspecified atom stereocenters. The Bertz CT molecular complexity index is 132. The van der Waals surface area contributed by atoms with Crippen LogP contribution >= 0.6 is 0 Å². The summed E-state index contributed by atoms with van der Waals surface area (Å²) in [5.74, 6) is 0.000463. The molecule has 0 aliphatic carbocycles. The van der Waals surface area contributed by atoms with Gasteiger partial charge in [-0.2, -0.15) is 0 Å². The monoisotopic (exact) mass is 159 g/mol. The zero-order valence-electron chi connectivity index (χ0n) is 6.63. The van der Waals surface area contributed by atoms with Crippen molar-refractivity contribution in [2.75, 3.05) is 26.9 Å². The van der Waals surface area contributed by atoms with Gasteiger partial charge in [-0.05, 0) is 0 Å². The molecule has 1 aliphatic heterocycles. The Morgan fingerprint density at radius 1 is 1.64 bits per heavy atom. The molecule has 0 saturated carbocycles. The van der Waals surface area contributed by atoms with Crippen molar-refractivity contribution in [1.82, 2.24) is 5.32 Å². The van der Waals surface area contributed by atoms with Crippen LogP contribution in [0.3, 0.4) is 0 Å². The first-order valence-corrected chi connectivity index (χ1v) is 3.73. The summed E-state index contributed by atoms with van der Waals surface area (Å²) in [6.45, 7) is 1.78. The lowest BCUT2D eigenvalue weighted by Crippen LogP contribution is -2.33. The molecular weight excluding hydrogens is 146 g/mol. The molecule has 1 aliphatic rings. The van der Waals surface area contributed by atoms with Gasteiger partial charge in [0.05, 0.1) is 32.3 Å². The second-order valence-corrected chi connectivity index (χ2v) is 2.45. The lowest BCUT2D eigenvalue weighted by molar-refractivity contribution is -0.130. The number of amides is 1. The van der Waals surface area contributed by atoms with E-state index in [0.717, 1.165) is 0 Å². The summed E-state index contributed by atoms with van der Waals surface area (Å²) in [5.41, 5.74) is 0. The summed E-state index contributed by atoms with van der Waals surface area (Å²) in [5, 5.41) is 2.54. The Balaban J connectivity index is 2.19. The second-order valence-electron chi connectivity index (χ2n) is 2.45. The van der Waals surface area contributed by atoms with Gasteiger partial charge in [0.25, 0.3) is 0 Å². The van der Waals surface area contributed by atoms with E-state index in [4.69, 9.17) is 9.47 Å². The predicted octanol–water partition coefficient (Wildman–Crippen LogP) is -0.462. The molecule has 1 saturated heterocycles. The van der Waals surface area contributed by atoms with Gasteiger partial charge in [-0.15, -0.1) is 0 Å². The van der Waals surface area contributed by atoms with Crippen LogP contribution in [0, 0.1) is 0 Å². The molecular formula is C7H13NO3. The second kappa shape index (κ2) is 4.31. The molecule has 1 N–H and O–H groups in total. The van der Waals surface area contributed by atoms with Crippen LogP contribution in [0.15, 0.2) is 0 Å². The minimum absolute atomic E-state index is 0.000463. The lowest BCUT2D eigenvalue weighted by atomic mass is 10.2. The van der Waals surface area contributed by atoms with Crippen molar-refractivity contribution >= 4 is 5.91 Å². The molecule has 1 fully saturated rings. The first kappa shape index (κ1) is 8.49. The molecule has 0 spiro atoms. The van der Waals surface area contributed by atoms with Crippen LogP contribution in [-0.2, 0) is 14.3 Å². The van der Waals surface area contributed by atoms with E-state index in [1.165, 1.54) is 0 Å². The summed E-state index contributed by atoms with van der Waals surface area (Å²) in [6.07, 6.45) is 0.347. The van der Waals surface area contributed by atoms with Gasteiger partial charge >= 0.3 is 0 Å². The van der Waals surface area contributed by atoms with Crippen LogP contribution in [0.5, 0.6) is 0 Å². The highest BCUT2D eigenvalue weighted by molar-refractivity contribution is 5.76. The maximum Gasteiger partial charge on any atom is 0.222 e. The number of hydrogen-bond donors (Lipinski definition) is 1. The first-order chi connectivity index (χ1) is 5.33. The van der Waals surface area contributed by atoms with Gasteiger partial charge < -0.3 is 14.8 Å². The molecule has 1 atom stereocenters. The zero-order valence-corrected chi connectivity index (χ0v) is 6.63. The molecule has 64 valence electrons. The molecule has 1 heterocycles. The number of nitrogens with one attached hydrogen (secondary N) is 1. The fraction of sp³-hybridized carbons (Fsp3) is 0.857. The average molecular weight is 159 g/mol. The normalized spacial score (nSPS) is 24.6. The van der Waals surface area contributed by atoms with Crippen molar-refractivity contribution in [3.63, 3.8) is 0 Å². The van der Waals surface area contributed by atoms with Crippen LogP contribution in [-0.4, -0.2) is 38.9 Å². The number of carbonyl (C=O) groups excluding carboxylic acids is 1. The molecule has 0 aromatic rings. The Morgan fingerprint density at radius 2 is 2.45 bits per heavy atom. The Morgan fingerprint density at radius 3 is 3.00 bits per heavy atom. The molecule has 4 nitrogen and oxygen atoms in total. The minimum atomic E-state index is -0.0521. The van der Waals surface area contributed by atoms with E-state index in [0.29, 0.717) is 26.2 Å². The Labute approximate surface area is 65.9 Å². The summed E-state index contributed by atoms with van der Waals surface area (Å²) >= 11 is 0. The van der Waals surface area contributed by atoms with Crippen molar-refractivity contribution in [2.24, 2.45) is 0 Å². The van der Waals surface area contributed by atoms with E-state index in [-0.39, 0.29) is 12.0 Å². The van der Waals surface area contributed by atoms with E-state index in [9.17, 15) is 4.79 Å². The quantitative estimate of drug-likeness (QED) is 0.593. The minimum Gasteiger partial charge on any atom is -0.376 e. The van der Waals surface area contributed by atoms with E-state index < -0.39 is 0 Å². The highest BCUT2D eigenvalue weighted by Gasteiger charge is 2.16. The van der Waals surface area contributed by atoms with Gasteiger partial charge in [0.2, 0.25) is 5.91 Å². The highest BCUT2D eigenvalue weighted by Crippen LogP contribution is 2.04. The van der Waals surface area contributed by atoms with Crippen molar-refractivity contribution in [1.29, 1.82) is 0 Å². The first-order valence-electron chi connectivity index (χ1n) is 3.73. The van der Waals surface area contributed by atoms with Crippen molar-refractivity contribution in [3.05, 3.63) is 0 Å². The number of hydrogen-bond acceptors (Lipinski definition) is 3. The van der Waals surface area contributed by atoms with E-state index in [1.54, 1.807) is 7.05 Å². The Hall–Kier alpha value is -0.610. The topological polar surface area (TPSA) is 47.6 Å². The van der Waals surface area contributed by atoms with Crippen LogP contribution in [0.2, 0.25) is 0 Å². The highest BCUT2D eigenvalue weighted by atomic mass is 16.6. The van der Waals surface area contributed by atoms with Gasteiger partial charge in [0, 0.05) is 7.05 Å². The third kappa shape index (κ3) is 2.86. The summed E-state index contributed by atoms with van der Waals surface area (Å²) in [4.78, 5) is 10.8. The van der Waals surface area contributed by atoms with E-state index in [1.807, 2.05) is 0 Å². The van der Waals surface area contributed by atoms with Crippen molar-refractivity contribution < 1.29 is 14.3 Å². The fourth-order valence-corrected chi connectivity index (χ4v) is 0.963. The SMILES string of the molecule is CNC(=O)CC1COCCO1. The van der Waals surface area contributed by atoms with Gasteiger partial charge in [-0.3, -0.25) is 4.79 Å². The maximum absolute atomic E-state index is 10.8. The zero-order chi connectivity index (χ0) is 8.10. The maximum atomic E-state index is 10.8. The smallest absolute Gasteiger partial charge is 0.222 e. The lowest BCUT2D eigenvalue weighted by Gasteiger charge is -2.21. The number of rotatable bonds is 2. The molecule has 1 rings (SSSR count). The van der Waals surface area contributed by atoms with Gasteiger partial charge in [-0.1, -0.05) is 0 Å². The summed E-state index contributed by atoms with van der Waals surface area (Å²) in [6, 6.07) is 0. The van der Waals surface area contributed by atoms with E-state index >= 15 is 0 Å². The third-order valence-electron chi connectivity index (χ3n) is 1.58. The molecule has 4 heteroatoms. The van der Waals surface area contributed by atoms with Crippen molar-refractivity contribution in [2.45, 2.75) is 12.5 Å². The van der Waals surface area contributed by atoms with Crippen molar-refractivity contribution in [3.8, 4) is 0 Å². The molecule has 11 heavy (non-hydrogen) atoms. The largest absolute Gasteiger partial charge is 0.376 e. The Kier molecular flexibility index (Phi) is 3.32. The van der Waals surface area contributed by atoms with Gasteiger partial charge in [0.1, 0.15) is 0 Å². The molecule has 0 bridgehead atoms. The van der Waals surface area contributed by atoms with Crippen LogP contribution < -0.4 is 5.32 Å². The summed E-state index contributed by atoms with van der Waals surface area (Å²) < 4.78 is 10.4. The van der Waals surface area contributed by atoms with Gasteiger partial charge in [0.15, 0.2) is 0 Å². The molecule has 0 aromatic carbocycles.